The van der Waals surface area contributed by atoms with Crippen molar-refractivity contribution >= 4 is 5.91 Å². The molecule has 1 N–H and O–H groups in total. The average Bonchev–Trinajstić information content (AvgIpc) is 2.46. The van der Waals surface area contributed by atoms with E-state index < -0.39 is 18.2 Å². The third-order valence-corrected chi connectivity index (χ3v) is 4.98. The van der Waals surface area contributed by atoms with Crippen molar-refractivity contribution < 1.29 is 23.1 Å². The smallest absolute Gasteiger partial charge is 0.383 e. The van der Waals surface area contributed by atoms with E-state index in [2.05, 4.69) is 0 Å². The zero-order valence-corrected chi connectivity index (χ0v) is 13.5. The van der Waals surface area contributed by atoms with Crippen LogP contribution in [0.4, 0.5) is 13.2 Å². The van der Waals surface area contributed by atoms with Gasteiger partial charge in [-0.15, -0.1) is 0 Å². The lowest BCUT2D eigenvalue weighted by atomic mass is 9.91. The number of hydrogen-bond donors (Lipinski definition) is 1. The Balaban J connectivity index is 1.76. The maximum atomic E-state index is 12.5. The molecule has 0 spiro atoms. The van der Waals surface area contributed by atoms with Gasteiger partial charge in [0.15, 0.2) is 6.10 Å². The van der Waals surface area contributed by atoms with Crippen molar-refractivity contribution in [2.24, 2.45) is 5.92 Å². The lowest BCUT2D eigenvalue weighted by molar-refractivity contribution is -0.223. The number of alkyl halides is 3. The summed E-state index contributed by atoms with van der Waals surface area (Å²) in [6.07, 6.45) is -0.604. The first kappa shape index (κ1) is 18.5. The van der Waals surface area contributed by atoms with Crippen molar-refractivity contribution in [2.45, 2.75) is 57.2 Å². The molecule has 0 bridgehead atoms. The Hall–Kier alpha value is -0.820. The Labute approximate surface area is 135 Å². The second-order valence-corrected chi connectivity index (χ2v) is 6.75. The molecule has 2 saturated heterocycles. The van der Waals surface area contributed by atoms with Crippen LogP contribution in [0.15, 0.2) is 0 Å². The molecule has 0 aliphatic carbocycles. The van der Waals surface area contributed by atoms with Crippen LogP contribution in [0.25, 0.3) is 0 Å². The molecule has 2 aliphatic rings. The molecule has 134 valence electrons. The predicted molar refractivity (Wildman–Crippen MR) is 80.9 cm³/mol. The zero-order valence-electron chi connectivity index (χ0n) is 13.5. The summed E-state index contributed by atoms with van der Waals surface area (Å²) in [6.45, 7) is 2.76. The van der Waals surface area contributed by atoms with Crippen LogP contribution in [-0.2, 0) is 4.79 Å². The Morgan fingerprint density at radius 2 is 1.52 bits per heavy atom. The number of carbonyl (C=O) groups is 1. The van der Waals surface area contributed by atoms with Crippen LogP contribution >= 0.6 is 0 Å². The van der Waals surface area contributed by atoms with E-state index in [1.54, 1.807) is 0 Å². The number of halogens is 3. The molecule has 1 unspecified atom stereocenters. The van der Waals surface area contributed by atoms with Crippen molar-refractivity contribution in [3.8, 4) is 0 Å². The Morgan fingerprint density at radius 3 is 2.04 bits per heavy atom. The van der Waals surface area contributed by atoms with E-state index in [4.69, 9.17) is 0 Å². The van der Waals surface area contributed by atoms with Crippen molar-refractivity contribution in [1.82, 2.24) is 9.80 Å². The van der Waals surface area contributed by atoms with Crippen LogP contribution in [0.5, 0.6) is 0 Å². The number of rotatable bonds is 3. The molecule has 2 rings (SSSR count). The van der Waals surface area contributed by atoms with Crippen LogP contribution < -0.4 is 0 Å². The van der Waals surface area contributed by atoms with Crippen LogP contribution in [0.1, 0.15) is 44.9 Å². The number of piperidine rings is 1. The Morgan fingerprint density at radius 1 is 1.00 bits per heavy atom. The monoisotopic (exact) mass is 336 g/mol. The number of nitrogens with zero attached hydrogens (tertiary/aromatic N) is 2. The molecule has 4 nitrogen and oxygen atoms in total. The first-order valence-corrected chi connectivity index (χ1v) is 8.63. The largest absolute Gasteiger partial charge is 0.414 e. The van der Waals surface area contributed by atoms with E-state index in [1.807, 2.05) is 9.80 Å². The first-order valence-electron chi connectivity index (χ1n) is 8.63. The predicted octanol–water partition coefficient (Wildman–Crippen LogP) is 2.41. The molecule has 2 aliphatic heterocycles. The molecule has 0 aromatic rings. The van der Waals surface area contributed by atoms with Gasteiger partial charge in [0.25, 0.3) is 0 Å². The summed E-state index contributed by atoms with van der Waals surface area (Å²) in [6, 6.07) is 0. The molecule has 0 radical (unpaired) electrons. The van der Waals surface area contributed by atoms with Gasteiger partial charge in [-0.25, -0.2) is 0 Å². The van der Waals surface area contributed by atoms with Gasteiger partial charge < -0.3 is 10.0 Å². The van der Waals surface area contributed by atoms with Gasteiger partial charge in [-0.3, -0.25) is 9.69 Å². The number of carbonyl (C=O) groups excluding carboxylic acids is 1. The van der Waals surface area contributed by atoms with E-state index in [0.717, 1.165) is 38.8 Å². The van der Waals surface area contributed by atoms with Gasteiger partial charge in [-0.1, -0.05) is 19.3 Å². The minimum atomic E-state index is -4.55. The molecule has 7 heteroatoms. The summed E-state index contributed by atoms with van der Waals surface area (Å²) in [5.74, 6) is -0.662. The highest BCUT2D eigenvalue weighted by Gasteiger charge is 2.44. The van der Waals surface area contributed by atoms with Gasteiger partial charge in [-0.05, 0) is 44.7 Å². The number of amides is 1. The molecule has 2 fully saturated rings. The van der Waals surface area contributed by atoms with E-state index in [1.165, 1.54) is 6.42 Å². The standard InChI is InChI=1S/C16H27F3N2O2/c17-16(18,19)15(23)13-6-10-20(11-7-13)12-14(22)21-8-4-2-1-3-5-9-21/h13,15,23H,1-12H2. The van der Waals surface area contributed by atoms with E-state index in [0.29, 0.717) is 13.1 Å². The minimum absolute atomic E-state index is 0.0849. The SMILES string of the molecule is O=C(CN1CCC(C(O)C(F)(F)F)CC1)N1CCCCCCC1. The first-order chi connectivity index (χ1) is 10.9. The zero-order chi connectivity index (χ0) is 16.9. The normalized spacial score (nSPS) is 24.1. The van der Waals surface area contributed by atoms with Gasteiger partial charge in [0.1, 0.15) is 0 Å². The maximum Gasteiger partial charge on any atom is 0.414 e. The van der Waals surface area contributed by atoms with Gasteiger partial charge in [0.2, 0.25) is 5.91 Å². The minimum Gasteiger partial charge on any atom is -0.383 e. The van der Waals surface area contributed by atoms with Gasteiger partial charge in [0.05, 0.1) is 6.54 Å². The molecular formula is C16H27F3N2O2. The van der Waals surface area contributed by atoms with Crippen LogP contribution in [0.3, 0.4) is 0 Å². The van der Waals surface area contributed by atoms with E-state index >= 15 is 0 Å². The lowest BCUT2D eigenvalue weighted by Gasteiger charge is -2.35. The fourth-order valence-corrected chi connectivity index (χ4v) is 3.48. The number of aliphatic hydroxyl groups excluding tert-OH is 1. The highest BCUT2D eigenvalue weighted by molar-refractivity contribution is 5.78. The summed E-state index contributed by atoms with van der Waals surface area (Å²) in [5, 5.41) is 9.32. The highest BCUT2D eigenvalue weighted by atomic mass is 19.4. The quantitative estimate of drug-likeness (QED) is 0.861. The van der Waals surface area contributed by atoms with Crippen molar-refractivity contribution in [2.75, 3.05) is 32.7 Å². The molecule has 1 amide bonds. The molecule has 2 heterocycles. The molecule has 0 saturated carbocycles. The second kappa shape index (κ2) is 8.33. The summed E-state index contributed by atoms with van der Waals surface area (Å²) in [7, 11) is 0. The second-order valence-electron chi connectivity index (χ2n) is 6.75. The molecule has 23 heavy (non-hydrogen) atoms. The summed E-state index contributed by atoms with van der Waals surface area (Å²) in [4.78, 5) is 16.2. The third-order valence-electron chi connectivity index (χ3n) is 4.98. The van der Waals surface area contributed by atoms with Crippen LogP contribution in [0.2, 0.25) is 0 Å². The fourth-order valence-electron chi connectivity index (χ4n) is 3.48. The highest BCUT2D eigenvalue weighted by Crippen LogP contribution is 2.31. The van der Waals surface area contributed by atoms with Crippen molar-refractivity contribution in [1.29, 1.82) is 0 Å². The summed E-state index contributed by atoms with van der Waals surface area (Å²) in [5.41, 5.74) is 0. The Bertz CT molecular complexity index is 374. The van der Waals surface area contributed by atoms with Crippen molar-refractivity contribution in [3.05, 3.63) is 0 Å². The number of likely N-dealkylation sites (tertiary alicyclic amines) is 2. The number of hydrogen-bond acceptors (Lipinski definition) is 3. The topological polar surface area (TPSA) is 43.8 Å². The van der Waals surface area contributed by atoms with Gasteiger partial charge >= 0.3 is 6.18 Å². The van der Waals surface area contributed by atoms with Crippen LogP contribution in [0, 0.1) is 5.92 Å². The van der Waals surface area contributed by atoms with E-state index in [9.17, 15) is 23.1 Å². The third kappa shape index (κ3) is 5.64. The van der Waals surface area contributed by atoms with Crippen molar-refractivity contribution in [3.63, 3.8) is 0 Å². The summed E-state index contributed by atoms with van der Waals surface area (Å²) < 4.78 is 37.6. The fraction of sp³-hybridized carbons (Fsp3) is 0.938. The molecule has 1 atom stereocenters. The van der Waals surface area contributed by atoms with Gasteiger partial charge in [0, 0.05) is 13.1 Å². The van der Waals surface area contributed by atoms with E-state index in [-0.39, 0.29) is 25.3 Å². The van der Waals surface area contributed by atoms with Gasteiger partial charge in [-0.2, -0.15) is 13.2 Å². The maximum absolute atomic E-state index is 12.5. The molecular weight excluding hydrogens is 309 g/mol. The lowest BCUT2D eigenvalue weighted by Crippen LogP contribution is -2.47. The number of aliphatic hydroxyl groups is 1. The molecule has 0 aromatic carbocycles. The molecule has 0 aromatic heterocycles. The van der Waals surface area contributed by atoms with Crippen LogP contribution in [-0.4, -0.2) is 65.8 Å². The summed E-state index contributed by atoms with van der Waals surface area (Å²) >= 11 is 0. The Kier molecular flexibility index (Phi) is 6.71. The average molecular weight is 336 g/mol.